The van der Waals surface area contributed by atoms with Gasteiger partial charge in [0, 0.05) is 117 Å². The second kappa shape index (κ2) is 27.2. The van der Waals surface area contributed by atoms with Crippen molar-refractivity contribution in [3.63, 3.8) is 0 Å². The molecule has 5 saturated heterocycles. The third kappa shape index (κ3) is 13.9. The quantitative estimate of drug-likeness (QED) is 0.0203. The van der Waals surface area contributed by atoms with Gasteiger partial charge in [0.05, 0.1) is 47.8 Å². The normalized spacial score (nSPS) is 25.4. The van der Waals surface area contributed by atoms with Crippen molar-refractivity contribution >= 4 is 35.4 Å². The molecule has 36 heteroatoms. The summed E-state index contributed by atoms with van der Waals surface area (Å²) < 4.78 is 6.93. The smallest absolute Gasteiger partial charge is 0.351 e. The lowest BCUT2D eigenvalue weighted by molar-refractivity contribution is -0.821. The van der Waals surface area contributed by atoms with Crippen molar-refractivity contribution in [1.29, 1.82) is 0 Å². The molecule has 36 nitrogen and oxygen atoms in total. The van der Waals surface area contributed by atoms with E-state index in [4.69, 9.17) is 0 Å². The number of quaternary nitrogens is 1. The summed E-state index contributed by atoms with van der Waals surface area (Å²) in [6.45, 7) is 7.59. The molecule has 5 fully saturated rings. The van der Waals surface area contributed by atoms with E-state index >= 15 is 0 Å². The highest BCUT2D eigenvalue weighted by Crippen LogP contribution is 2.31. The Morgan fingerprint density at radius 3 is 1.05 bits per heavy atom. The van der Waals surface area contributed by atoms with Crippen molar-refractivity contribution in [3.8, 4) is 0 Å². The van der Waals surface area contributed by atoms with Crippen molar-refractivity contribution in [2.75, 3.05) is 65.4 Å². The van der Waals surface area contributed by atoms with Crippen molar-refractivity contribution in [3.05, 3.63) is 198 Å². The Balaban J connectivity index is 0.822. The molecule has 15 N–H and O–H groups in total. The first-order valence-electron chi connectivity index (χ1n) is 32.2. The number of imide groups is 1. The van der Waals surface area contributed by atoms with Crippen LogP contribution >= 0.6 is 0 Å². The molecule has 6 aliphatic heterocycles. The molecule has 0 saturated carbocycles. The molecule has 0 bridgehead atoms. The Labute approximate surface area is 552 Å². The molecule has 11 heterocycles. The number of aliphatic hydroxyl groups is 4. The first-order chi connectivity index (χ1) is 46.6. The average molecular weight is 1360 g/mol. The predicted octanol–water partition coefficient (Wildman–Crippen LogP) is -11.1. The van der Waals surface area contributed by atoms with Crippen molar-refractivity contribution in [1.82, 2.24) is 72.3 Å². The summed E-state index contributed by atoms with van der Waals surface area (Å²) in [5, 5.41) is 49.9. The summed E-state index contributed by atoms with van der Waals surface area (Å²) in [6.07, 6.45) is 5.30. The number of hydrogen-bond donors (Lipinski definition) is 14. The lowest BCUT2D eigenvalue weighted by atomic mass is 10.1. The van der Waals surface area contributed by atoms with Crippen LogP contribution < -0.4 is 81.5 Å². The van der Waals surface area contributed by atoms with Gasteiger partial charge in [-0.25, -0.2) is 38.7 Å². The number of hydrogen-bond acceptors (Lipinski definition) is 16. The Bertz CT molecular complexity index is 4910. The summed E-state index contributed by atoms with van der Waals surface area (Å²) in [4.78, 5) is 188. The number of aromatic nitrogens is 10. The van der Waals surface area contributed by atoms with Gasteiger partial charge < -0.3 is 20.4 Å². The molecular weight excluding hydrogens is 1280 g/mol. The minimum atomic E-state index is -0.864. The molecule has 518 valence electrons. The van der Waals surface area contributed by atoms with Crippen LogP contribution in [0.25, 0.3) is 0 Å². The minimum absolute atomic E-state index is 0.0512. The van der Waals surface area contributed by atoms with E-state index in [2.05, 4.69) is 44.9 Å². The van der Waals surface area contributed by atoms with Crippen LogP contribution in [0, 0.1) is 34.6 Å². The van der Waals surface area contributed by atoms with Crippen LogP contribution in [-0.2, 0) is 0 Å². The molecule has 12 rings (SSSR count). The molecule has 0 unspecified atom stereocenters. The highest BCUT2D eigenvalue weighted by Gasteiger charge is 2.47. The molecule has 5 aromatic heterocycles. The third-order valence-electron chi connectivity index (χ3n) is 19.6. The lowest BCUT2D eigenvalue weighted by Crippen LogP contribution is -3.05. The molecular formula is C62H79N20O16+5. The molecule has 1 aromatic carbocycles. The number of fused-ring (bicyclic) bond motifs is 1. The summed E-state index contributed by atoms with van der Waals surface area (Å²) in [5.74, 6) is -2.14. The van der Waals surface area contributed by atoms with Crippen molar-refractivity contribution in [2.24, 2.45) is 0 Å². The van der Waals surface area contributed by atoms with Crippen LogP contribution in [0.1, 0.15) is 111 Å². The number of nitrogens with zero attached hydrogens (tertiary/aromatic N) is 10. The van der Waals surface area contributed by atoms with Gasteiger partial charge in [-0.05, 0) is 53.2 Å². The monoisotopic (exact) mass is 1360 g/mol. The molecule has 0 spiro atoms. The maximum absolute atomic E-state index is 13.7. The van der Waals surface area contributed by atoms with Crippen LogP contribution in [0.4, 0.5) is 0 Å². The molecule has 98 heavy (non-hydrogen) atoms. The zero-order valence-electron chi connectivity index (χ0n) is 54.3. The number of aromatic amines is 5. The number of amides is 2. The first kappa shape index (κ1) is 67.4. The van der Waals surface area contributed by atoms with Crippen molar-refractivity contribution < 1.29 is 55.3 Å². The van der Waals surface area contributed by atoms with E-state index in [-0.39, 0.29) is 148 Å². The molecule has 6 aliphatic rings. The van der Waals surface area contributed by atoms with E-state index in [1.54, 1.807) is 64.6 Å². The summed E-state index contributed by atoms with van der Waals surface area (Å²) in [7, 11) is 0. The van der Waals surface area contributed by atoms with Gasteiger partial charge in [0.25, 0.3) is 45.8 Å². The minimum Gasteiger partial charge on any atom is -0.463 e. The SMILES string of the molecule is Cc1cn([C@@H]2C[C@H](CN3C(=O)c4ccccc4C3=O)N(CC(O)=[NH+][C@H]3C[C@@H](n4cc(C)c(=O)[nH]c4=O)CN3CC(O)=[NH+][C@H]3C[C@@H](n4cc(C)c(=O)[nH]c4=O)CN3CC(O)=[NH+][C@H]3C[C@@H](n4cc(C)c(=O)[nH]c4=O)CN3CC(O)=[NH+][C@H]3C[C@@H](n4cc(C)c(=O)[nH]c4=O)C[NH2+]3)C2)c(=O)[nH]c1=O. The maximum Gasteiger partial charge on any atom is 0.351 e. The topological polar surface area (TPSA) is 478 Å². The molecule has 6 aromatic rings. The van der Waals surface area contributed by atoms with E-state index in [9.17, 15) is 78.0 Å². The molecule has 2 amide bonds. The van der Waals surface area contributed by atoms with Gasteiger partial charge in [-0.15, -0.1) is 0 Å². The van der Waals surface area contributed by atoms with Gasteiger partial charge in [0.2, 0.25) is 18.5 Å². The number of nitrogens with one attached hydrogen (secondary N) is 9. The Kier molecular flexibility index (Phi) is 18.7. The van der Waals surface area contributed by atoms with E-state index in [0.29, 0.717) is 18.5 Å². The summed E-state index contributed by atoms with van der Waals surface area (Å²) >= 11 is 0. The lowest BCUT2D eigenvalue weighted by Gasteiger charge is -2.26. The fraction of sp³-hybridized carbons (Fsp3) is 0.484. The van der Waals surface area contributed by atoms with Crippen LogP contribution in [-0.4, -0.2) is 224 Å². The van der Waals surface area contributed by atoms with E-state index in [1.165, 1.54) is 67.7 Å². The van der Waals surface area contributed by atoms with Crippen LogP contribution in [0.2, 0.25) is 0 Å². The average Bonchev–Trinajstić information content (AvgIpc) is 1.63. The van der Waals surface area contributed by atoms with Gasteiger partial charge in [0.1, 0.15) is 32.7 Å². The summed E-state index contributed by atoms with van der Waals surface area (Å²) in [6, 6.07) is 2.96. The fourth-order valence-electron chi connectivity index (χ4n) is 14.6. The number of carbonyl (C=O) groups excluding carboxylic acids is 2. The zero-order valence-corrected chi connectivity index (χ0v) is 54.3. The number of H-pyrrole nitrogens is 5. The Morgan fingerprint density at radius 1 is 0.408 bits per heavy atom. The van der Waals surface area contributed by atoms with E-state index < -0.39 is 123 Å². The second-order valence-corrected chi connectivity index (χ2v) is 26.5. The number of rotatable bonds is 19. The number of nitrogens with two attached hydrogens (primary N) is 1. The maximum atomic E-state index is 13.7. The fourth-order valence-corrected chi connectivity index (χ4v) is 14.6. The van der Waals surface area contributed by atoms with Gasteiger partial charge in [0.15, 0.2) is 0 Å². The molecule has 0 radical (unpaired) electrons. The third-order valence-corrected chi connectivity index (χ3v) is 19.6. The van der Waals surface area contributed by atoms with Gasteiger partial charge in [-0.1, -0.05) is 12.1 Å². The number of aliphatic hydroxyl groups excluding tert-OH is 4. The van der Waals surface area contributed by atoms with Gasteiger partial charge >= 0.3 is 52.0 Å². The highest BCUT2D eigenvalue weighted by atomic mass is 16.3. The largest absolute Gasteiger partial charge is 0.463 e. The zero-order chi connectivity index (χ0) is 69.9. The highest BCUT2D eigenvalue weighted by molar-refractivity contribution is 6.21. The Morgan fingerprint density at radius 2 is 0.704 bits per heavy atom. The predicted molar refractivity (Wildman–Crippen MR) is 347 cm³/mol. The molecule has 0 aliphatic carbocycles. The van der Waals surface area contributed by atoms with Crippen LogP contribution in [0.15, 0.2) is 103 Å². The first-order valence-corrected chi connectivity index (χ1v) is 32.2. The van der Waals surface area contributed by atoms with Gasteiger partial charge in [-0.2, -0.15) is 20.0 Å². The standard InChI is InChI=1S/C62H74N20O16/c1-30-16-77(58(94)68-51(30)87)35-11-43(63-15-35)64-47(83)27-74-22-38(79-18-32(3)53(89)70-60(79)96)13-45(74)66-49(85)29-76-24-40(81-20-34(5)55(91)72-62(81)98)14-46(76)67-50(86)28-75-23-39(80-19-33(4)54(90)71-61(80)97)12-44(75)65-48(84)26-73-21-37(78-17-31(2)52(88)69-59(78)95)10-36(73)25-82-56(92)41-8-6-7-9-42(41)57(82)93/h6-9,16-20,35-40,43-46,63H,10-15,21-29H2,1-5H3,(H,64,83)(H,65,84)(H,66,85)(H,67,86)(H,68,87,94)(H,69,88,95)(H,70,89,96)(H,71,90,97)(H,72,91,98)/p+5/t35-,36-,37-,38-,39-,40-,43+,44-,45-,46-/m1/s1. The molecule has 10 atom stereocenters. The number of benzene rings is 1. The van der Waals surface area contributed by atoms with Crippen LogP contribution in [0.3, 0.4) is 0 Å². The van der Waals surface area contributed by atoms with Gasteiger partial charge in [-0.3, -0.25) is 96.4 Å². The van der Waals surface area contributed by atoms with Crippen LogP contribution in [0.5, 0.6) is 0 Å². The number of aryl methyl sites for hydroxylation is 5. The Hall–Kier alpha value is -10.6. The summed E-state index contributed by atoms with van der Waals surface area (Å²) in [5.41, 5.74) is -4.24. The van der Waals surface area contributed by atoms with E-state index in [1.807, 2.05) is 5.32 Å². The number of likely N-dealkylation sites (tertiary alicyclic amines) is 4. The van der Waals surface area contributed by atoms with E-state index in [0.717, 1.165) is 4.90 Å². The second-order valence-electron chi connectivity index (χ2n) is 26.5. The van der Waals surface area contributed by atoms with Crippen molar-refractivity contribution in [2.45, 2.75) is 128 Å². The number of carbonyl (C=O) groups is 2.